The number of hydrogen-bond donors (Lipinski definition) is 2. The second-order valence-electron chi connectivity index (χ2n) is 6.21. The number of benzene rings is 2. The SMILES string of the molecule is Cc1ccc(CNC(=O)C2(C(=O)Nc3cccc(F)c3)CC2)cc1. The molecule has 1 fully saturated rings. The summed E-state index contributed by atoms with van der Waals surface area (Å²) in [5.74, 6) is -1.09. The van der Waals surface area contributed by atoms with Gasteiger partial charge in [0.05, 0.1) is 0 Å². The van der Waals surface area contributed by atoms with Gasteiger partial charge in [-0.1, -0.05) is 35.9 Å². The highest BCUT2D eigenvalue weighted by Crippen LogP contribution is 2.46. The van der Waals surface area contributed by atoms with Crippen LogP contribution in [0.3, 0.4) is 0 Å². The lowest BCUT2D eigenvalue weighted by molar-refractivity contribution is -0.134. The number of aryl methyl sites for hydroxylation is 1. The summed E-state index contributed by atoms with van der Waals surface area (Å²) < 4.78 is 13.2. The number of carbonyl (C=O) groups is 2. The van der Waals surface area contributed by atoms with Crippen LogP contribution in [0.15, 0.2) is 48.5 Å². The van der Waals surface area contributed by atoms with Gasteiger partial charge in [-0.3, -0.25) is 9.59 Å². The molecule has 3 rings (SSSR count). The van der Waals surface area contributed by atoms with Crippen LogP contribution in [-0.2, 0) is 16.1 Å². The number of amides is 2. The van der Waals surface area contributed by atoms with Gasteiger partial charge in [0.15, 0.2) is 0 Å². The number of anilines is 1. The summed E-state index contributed by atoms with van der Waals surface area (Å²) in [4.78, 5) is 24.8. The molecule has 0 atom stereocenters. The minimum atomic E-state index is -1.03. The van der Waals surface area contributed by atoms with E-state index in [-0.39, 0.29) is 11.8 Å². The second kappa shape index (κ2) is 6.43. The molecule has 24 heavy (non-hydrogen) atoms. The van der Waals surface area contributed by atoms with E-state index < -0.39 is 11.2 Å². The molecule has 4 nitrogen and oxygen atoms in total. The molecule has 0 radical (unpaired) electrons. The number of carbonyl (C=O) groups excluding carboxylic acids is 2. The molecule has 1 aliphatic carbocycles. The Bertz CT molecular complexity index is 767. The first-order valence-electron chi connectivity index (χ1n) is 7.90. The van der Waals surface area contributed by atoms with Gasteiger partial charge in [0.1, 0.15) is 11.2 Å². The molecule has 2 aromatic carbocycles. The standard InChI is InChI=1S/C19H19FN2O2/c1-13-5-7-14(8-6-13)12-21-17(23)19(9-10-19)18(24)22-16-4-2-3-15(20)11-16/h2-8,11H,9-10,12H2,1H3,(H,21,23)(H,22,24). The van der Waals surface area contributed by atoms with Crippen molar-refractivity contribution in [1.82, 2.24) is 5.32 Å². The Kier molecular flexibility index (Phi) is 4.34. The molecule has 2 aromatic rings. The molecular formula is C19H19FN2O2. The summed E-state index contributed by atoms with van der Waals surface area (Å²) in [6, 6.07) is 13.5. The van der Waals surface area contributed by atoms with E-state index in [2.05, 4.69) is 10.6 Å². The van der Waals surface area contributed by atoms with Crippen molar-refractivity contribution in [2.75, 3.05) is 5.32 Å². The Hall–Kier alpha value is -2.69. The van der Waals surface area contributed by atoms with Crippen LogP contribution in [0.25, 0.3) is 0 Å². The molecule has 0 bridgehead atoms. The van der Waals surface area contributed by atoms with Crippen molar-refractivity contribution in [3.8, 4) is 0 Å². The van der Waals surface area contributed by atoms with Crippen molar-refractivity contribution in [1.29, 1.82) is 0 Å². The maximum atomic E-state index is 13.2. The quantitative estimate of drug-likeness (QED) is 0.829. The zero-order chi connectivity index (χ0) is 17.2. The third-order valence-corrected chi connectivity index (χ3v) is 4.28. The Morgan fingerprint density at radius 1 is 1.08 bits per heavy atom. The second-order valence-corrected chi connectivity index (χ2v) is 6.21. The van der Waals surface area contributed by atoms with Gasteiger partial charge >= 0.3 is 0 Å². The van der Waals surface area contributed by atoms with E-state index in [4.69, 9.17) is 0 Å². The number of nitrogens with one attached hydrogen (secondary N) is 2. The van der Waals surface area contributed by atoms with Crippen molar-refractivity contribution in [3.05, 3.63) is 65.5 Å². The Morgan fingerprint density at radius 2 is 1.79 bits per heavy atom. The predicted octanol–water partition coefficient (Wildman–Crippen LogP) is 3.17. The van der Waals surface area contributed by atoms with Gasteiger partial charge < -0.3 is 10.6 Å². The summed E-state index contributed by atoms with van der Waals surface area (Å²) in [7, 11) is 0. The van der Waals surface area contributed by atoms with Crippen molar-refractivity contribution >= 4 is 17.5 Å². The van der Waals surface area contributed by atoms with E-state index in [1.165, 1.54) is 18.2 Å². The van der Waals surface area contributed by atoms with Crippen LogP contribution in [0.1, 0.15) is 24.0 Å². The fraction of sp³-hybridized carbons (Fsp3) is 0.263. The summed E-state index contributed by atoms with van der Waals surface area (Å²) in [6.07, 6.45) is 1.02. The molecule has 0 heterocycles. The third-order valence-electron chi connectivity index (χ3n) is 4.28. The maximum absolute atomic E-state index is 13.2. The Morgan fingerprint density at radius 3 is 2.42 bits per heavy atom. The Balaban J connectivity index is 1.61. The van der Waals surface area contributed by atoms with Crippen LogP contribution < -0.4 is 10.6 Å². The van der Waals surface area contributed by atoms with E-state index in [1.807, 2.05) is 31.2 Å². The van der Waals surface area contributed by atoms with Crippen molar-refractivity contribution in [2.24, 2.45) is 5.41 Å². The molecule has 5 heteroatoms. The largest absolute Gasteiger partial charge is 0.351 e. The third kappa shape index (κ3) is 3.45. The normalized spacial score (nSPS) is 14.8. The first kappa shape index (κ1) is 16.2. The molecular weight excluding hydrogens is 307 g/mol. The van der Waals surface area contributed by atoms with Gasteiger partial charge in [-0.15, -0.1) is 0 Å². The van der Waals surface area contributed by atoms with Gasteiger partial charge in [-0.05, 0) is 43.5 Å². The fourth-order valence-corrected chi connectivity index (χ4v) is 2.56. The van der Waals surface area contributed by atoms with E-state index in [0.29, 0.717) is 25.1 Å². The number of hydrogen-bond acceptors (Lipinski definition) is 2. The van der Waals surface area contributed by atoms with Crippen LogP contribution in [0, 0.1) is 18.2 Å². The lowest BCUT2D eigenvalue weighted by atomic mass is 10.0. The van der Waals surface area contributed by atoms with Gasteiger partial charge in [0.25, 0.3) is 0 Å². The fourth-order valence-electron chi connectivity index (χ4n) is 2.56. The molecule has 1 saturated carbocycles. The van der Waals surface area contributed by atoms with Crippen molar-refractivity contribution < 1.29 is 14.0 Å². The van der Waals surface area contributed by atoms with E-state index in [1.54, 1.807) is 6.07 Å². The molecule has 2 amide bonds. The van der Waals surface area contributed by atoms with Gasteiger partial charge in [0, 0.05) is 12.2 Å². The molecule has 124 valence electrons. The molecule has 0 aromatic heterocycles. The number of halogens is 1. The monoisotopic (exact) mass is 326 g/mol. The zero-order valence-corrected chi connectivity index (χ0v) is 13.4. The molecule has 0 saturated heterocycles. The molecule has 0 spiro atoms. The predicted molar refractivity (Wildman–Crippen MR) is 89.7 cm³/mol. The highest BCUT2D eigenvalue weighted by molar-refractivity contribution is 6.13. The van der Waals surface area contributed by atoms with Gasteiger partial charge in [-0.2, -0.15) is 0 Å². The average molecular weight is 326 g/mol. The van der Waals surface area contributed by atoms with Crippen LogP contribution in [0.4, 0.5) is 10.1 Å². The molecule has 0 unspecified atom stereocenters. The smallest absolute Gasteiger partial charge is 0.240 e. The van der Waals surface area contributed by atoms with Crippen molar-refractivity contribution in [3.63, 3.8) is 0 Å². The topological polar surface area (TPSA) is 58.2 Å². The minimum absolute atomic E-state index is 0.281. The van der Waals surface area contributed by atoms with Crippen LogP contribution >= 0.6 is 0 Å². The van der Waals surface area contributed by atoms with Crippen molar-refractivity contribution in [2.45, 2.75) is 26.3 Å². The lowest BCUT2D eigenvalue weighted by Gasteiger charge is -2.15. The summed E-state index contributed by atoms with van der Waals surface area (Å²) in [6.45, 7) is 2.38. The average Bonchev–Trinajstić information content (AvgIpc) is 3.36. The lowest BCUT2D eigenvalue weighted by Crippen LogP contribution is -2.39. The van der Waals surface area contributed by atoms with E-state index in [0.717, 1.165) is 11.1 Å². The van der Waals surface area contributed by atoms with Gasteiger partial charge in [-0.25, -0.2) is 4.39 Å². The first-order chi connectivity index (χ1) is 11.5. The highest BCUT2D eigenvalue weighted by Gasteiger charge is 2.56. The molecule has 0 aliphatic heterocycles. The van der Waals surface area contributed by atoms with Crippen LogP contribution in [0.5, 0.6) is 0 Å². The van der Waals surface area contributed by atoms with E-state index >= 15 is 0 Å². The van der Waals surface area contributed by atoms with Crippen LogP contribution in [-0.4, -0.2) is 11.8 Å². The van der Waals surface area contributed by atoms with Gasteiger partial charge in [0.2, 0.25) is 11.8 Å². The summed E-state index contributed by atoms with van der Waals surface area (Å²) >= 11 is 0. The molecule has 2 N–H and O–H groups in total. The summed E-state index contributed by atoms with van der Waals surface area (Å²) in [5, 5.41) is 5.46. The van der Waals surface area contributed by atoms with Crippen LogP contribution in [0.2, 0.25) is 0 Å². The van der Waals surface area contributed by atoms with E-state index in [9.17, 15) is 14.0 Å². The number of rotatable bonds is 5. The minimum Gasteiger partial charge on any atom is -0.351 e. The molecule has 1 aliphatic rings. The highest BCUT2D eigenvalue weighted by atomic mass is 19.1. The maximum Gasteiger partial charge on any atom is 0.240 e. The Labute approximate surface area is 140 Å². The first-order valence-corrected chi connectivity index (χ1v) is 7.90. The zero-order valence-electron chi connectivity index (χ0n) is 13.4. The summed E-state index contributed by atoms with van der Waals surface area (Å²) in [5.41, 5.74) is 1.46.